The van der Waals surface area contributed by atoms with E-state index in [2.05, 4.69) is 15.9 Å². The summed E-state index contributed by atoms with van der Waals surface area (Å²) in [5.41, 5.74) is 0.579. The summed E-state index contributed by atoms with van der Waals surface area (Å²) in [6, 6.07) is 3.19. The Kier molecular flexibility index (Phi) is 4.54. The first-order chi connectivity index (χ1) is 7.06. The van der Waals surface area contributed by atoms with Gasteiger partial charge in [0.1, 0.15) is 11.6 Å². The number of hydrogen-bond donors (Lipinski definition) is 0. The van der Waals surface area contributed by atoms with Crippen LogP contribution in [0.25, 0.3) is 0 Å². The first-order valence-corrected chi connectivity index (χ1v) is 5.46. The summed E-state index contributed by atoms with van der Waals surface area (Å²) in [5.74, 6) is 0.342. The van der Waals surface area contributed by atoms with E-state index in [0.717, 1.165) is 0 Å². The van der Waals surface area contributed by atoms with Gasteiger partial charge in [0.25, 0.3) is 0 Å². The van der Waals surface area contributed by atoms with Crippen molar-refractivity contribution in [2.75, 3.05) is 13.9 Å². The van der Waals surface area contributed by atoms with Gasteiger partial charge in [-0.05, 0) is 18.1 Å². The van der Waals surface area contributed by atoms with Gasteiger partial charge < -0.3 is 9.47 Å². The van der Waals surface area contributed by atoms with Gasteiger partial charge in [-0.25, -0.2) is 4.39 Å². The summed E-state index contributed by atoms with van der Waals surface area (Å²) >= 11 is 3.23. The molecule has 0 saturated carbocycles. The van der Waals surface area contributed by atoms with Crippen molar-refractivity contribution in [3.8, 4) is 5.75 Å². The third kappa shape index (κ3) is 3.18. The molecule has 4 heteroatoms. The summed E-state index contributed by atoms with van der Waals surface area (Å²) in [4.78, 5) is 0. The monoisotopic (exact) mass is 276 g/mol. The predicted octanol–water partition coefficient (Wildman–Crippen LogP) is 3.69. The van der Waals surface area contributed by atoms with Crippen molar-refractivity contribution in [3.63, 3.8) is 0 Å². The van der Waals surface area contributed by atoms with Gasteiger partial charge in [-0.3, -0.25) is 0 Å². The van der Waals surface area contributed by atoms with Crippen LogP contribution in [0.5, 0.6) is 5.75 Å². The summed E-state index contributed by atoms with van der Waals surface area (Å²) in [5, 5.41) is 0. The first kappa shape index (κ1) is 12.5. The summed E-state index contributed by atoms with van der Waals surface area (Å²) in [6.07, 6.45) is 0. The molecule has 1 aromatic carbocycles. The van der Waals surface area contributed by atoms with Crippen LogP contribution in [0.4, 0.5) is 4.39 Å². The quantitative estimate of drug-likeness (QED) is 0.781. The van der Waals surface area contributed by atoms with Crippen molar-refractivity contribution in [1.82, 2.24) is 0 Å². The Balaban J connectivity index is 3.09. The maximum atomic E-state index is 13.6. The first-order valence-electron chi connectivity index (χ1n) is 4.67. The smallest absolute Gasteiger partial charge is 0.188 e. The van der Waals surface area contributed by atoms with Crippen LogP contribution in [0.3, 0.4) is 0 Å². The van der Waals surface area contributed by atoms with Gasteiger partial charge in [-0.15, -0.1) is 0 Å². The van der Waals surface area contributed by atoms with Crippen molar-refractivity contribution in [2.24, 2.45) is 0 Å². The average molecular weight is 277 g/mol. The zero-order valence-corrected chi connectivity index (χ0v) is 10.6. The topological polar surface area (TPSA) is 18.5 Å². The number of halogens is 2. The highest BCUT2D eigenvalue weighted by Crippen LogP contribution is 2.32. The fraction of sp³-hybridized carbons (Fsp3) is 0.455. The summed E-state index contributed by atoms with van der Waals surface area (Å²) in [7, 11) is 1.53. The normalized spacial score (nSPS) is 10.8. The molecule has 0 unspecified atom stereocenters. The van der Waals surface area contributed by atoms with Crippen LogP contribution >= 0.6 is 15.9 Å². The van der Waals surface area contributed by atoms with Crippen LogP contribution in [-0.2, 0) is 4.74 Å². The van der Waals surface area contributed by atoms with Gasteiger partial charge in [-0.1, -0.05) is 29.8 Å². The number of rotatable bonds is 4. The highest BCUT2D eigenvalue weighted by atomic mass is 79.9. The summed E-state index contributed by atoms with van der Waals surface area (Å²) < 4.78 is 24.4. The molecule has 0 aromatic heterocycles. The van der Waals surface area contributed by atoms with Crippen LogP contribution in [0.2, 0.25) is 0 Å². The fourth-order valence-electron chi connectivity index (χ4n) is 1.36. The minimum Gasteiger partial charge on any atom is -0.467 e. The molecule has 84 valence electrons. The Morgan fingerprint density at radius 2 is 2.07 bits per heavy atom. The van der Waals surface area contributed by atoms with Crippen LogP contribution in [0.1, 0.15) is 25.3 Å². The molecule has 0 aliphatic heterocycles. The molecule has 0 spiro atoms. The largest absolute Gasteiger partial charge is 0.467 e. The molecule has 1 rings (SSSR count). The molecular formula is C11H14BrFO2. The SMILES string of the molecule is COCOc1cc(Br)cc(F)c1C(C)C. The van der Waals surface area contributed by atoms with E-state index in [4.69, 9.17) is 9.47 Å². The summed E-state index contributed by atoms with van der Waals surface area (Å²) in [6.45, 7) is 3.97. The third-order valence-electron chi connectivity index (χ3n) is 1.97. The van der Waals surface area contributed by atoms with E-state index in [9.17, 15) is 4.39 Å². The van der Waals surface area contributed by atoms with Crippen molar-refractivity contribution < 1.29 is 13.9 Å². The molecule has 0 heterocycles. The zero-order valence-electron chi connectivity index (χ0n) is 9.01. The van der Waals surface area contributed by atoms with Crippen molar-refractivity contribution in [2.45, 2.75) is 19.8 Å². The highest BCUT2D eigenvalue weighted by Gasteiger charge is 2.14. The van der Waals surface area contributed by atoms with Gasteiger partial charge in [-0.2, -0.15) is 0 Å². The maximum Gasteiger partial charge on any atom is 0.188 e. The van der Waals surface area contributed by atoms with Crippen LogP contribution < -0.4 is 4.74 Å². The standard InChI is InChI=1S/C11H14BrFO2/c1-7(2)11-9(13)4-8(12)5-10(11)15-6-14-3/h4-5,7H,6H2,1-3H3. The molecule has 0 aliphatic carbocycles. The molecule has 0 saturated heterocycles. The molecule has 0 radical (unpaired) electrons. The van der Waals surface area contributed by atoms with Crippen molar-refractivity contribution in [1.29, 1.82) is 0 Å². The lowest BCUT2D eigenvalue weighted by molar-refractivity contribution is 0.0499. The maximum absolute atomic E-state index is 13.6. The molecule has 2 nitrogen and oxygen atoms in total. The van der Waals surface area contributed by atoms with E-state index in [0.29, 0.717) is 15.8 Å². The molecular weight excluding hydrogens is 263 g/mol. The van der Waals surface area contributed by atoms with E-state index < -0.39 is 0 Å². The Labute approximate surface area is 97.5 Å². The average Bonchev–Trinajstić information content (AvgIpc) is 2.12. The van der Waals surface area contributed by atoms with E-state index in [1.54, 1.807) is 6.07 Å². The minimum absolute atomic E-state index is 0.0740. The minimum atomic E-state index is -0.259. The molecule has 0 atom stereocenters. The molecule has 1 aromatic rings. The predicted molar refractivity (Wildman–Crippen MR) is 60.7 cm³/mol. The van der Waals surface area contributed by atoms with E-state index in [-0.39, 0.29) is 18.5 Å². The molecule has 0 N–H and O–H groups in total. The Morgan fingerprint density at radius 1 is 1.40 bits per heavy atom. The van der Waals surface area contributed by atoms with E-state index in [1.807, 2.05) is 13.8 Å². The number of ether oxygens (including phenoxy) is 2. The molecule has 0 amide bonds. The van der Waals surface area contributed by atoms with Crippen molar-refractivity contribution >= 4 is 15.9 Å². The van der Waals surface area contributed by atoms with Gasteiger partial charge >= 0.3 is 0 Å². The van der Waals surface area contributed by atoms with Gasteiger partial charge in [0.15, 0.2) is 6.79 Å². The fourth-order valence-corrected chi connectivity index (χ4v) is 1.77. The van der Waals surface area contributed by atoms with Crippen molar-refractivity contribution in [3.05, 3.63) is 28.0 Å². The second-order valence-electron chi connectivity index (χ2n) is 3.50. The number of methoxy groups -OCH3 is 1. The molecule has 15 heavy (non-hydrogen) atoms. The number of benzene rings is 1. The van der Waals surface area contributed by atoms with Crippen LogP contribution in [-0.4, -0.2) is 13.9 Å². The molecule has 0 fully saturated rings. The number of hydrogen-bond acceptors (Lipinski definition) is 2. The lowest BCUT2D eigenvalue weighted by atomic mass is 10.0. The second-order valence-corrected chi connectivity index (χ2v) is 4.42. The van der Waals surface area contributed by atoms with Gasteiger partial charge in [0.05, 0.1) is 0 Å². The zero-order chi connectivity index (χ0) is 11.4. The molecule has 0 aliphatic rings. The Bertz CT molecular complexity index is 340. The van der Waals surface area contributed by atoms with E-state index >= 15 is 0 Å². The Morgan fingerprint density at radius 3 is 2.60 bits per heavy atom. The third-order valence-corrected chi connectivity index (χ3v) is 2.42. The second kappa shape index (κ2) is 5.47. The lowest BCUT2D eigenvalue weighted by Crippen LogP contribution is -2.04. The van der Waals surface area contributed by atoms with Gasteiger partial charge in [0.2, 0.25) is 0 Å². The van der Waals surface area contributed by atoms with E-state index in [1.165, 1.54) is 13.2 Å². The highest BCUT2D eigenvalue weighted by molar-refractivity contribution is 9.10. The van der Waals surface area contributed by atoms with Crippen LogP contribution in [0, 0.1) is 5.82 Å². The lowest BCUT2D eigenvalue weighted by Gasteiger charge is -2.14. The Hall–Kier alpha value is -0.610. The molecule has 0 bridgehead atoms. The van der Waals surface area contributed by atoms with Gasteiger partial charge in [0, 0.05) is 17.1 Å². The van der Waals surface area contributed by atoms with Crippen LogP contribution in [0.15, 0.2) is 16.6 Å².